The van der Waals surface area contributed by atoms with Gasteiger partial charge in [-0.05, 0) is 21.8 Å². The van der Waals surface area contributed by atoms with Crippen LogP contribution in [0, 0.1) is 10.1 Å². The monoisotopic (exact) mass is 274 g/mol. The van der Waals surface area contributed by atoms with Crippen molar-refractivity contribution in [2.24, 2.45) is 0 Å². The Bertz CT molecular complexity index is 414. The zero-order valence-electron chi connectivity index (χ0n) is 8.66. The van der Waals surface area contributed by atoms with E-state index in [0.29, 0.717) is 5.56 Å². The summed E-state index contributed by atoms with van der Waals surface area (Å²) >= 11 is 0. The van der Waals surface area contributed by atoms with Gasteiger partial charge in [-0.15, -0.1) is 0 Å². The van der Waals surface area contributed by atoms with E-state index in [9.17, 15) is 14.9 Å². The molecule has 0 amide bonds. The van der Waals surface area contributed by atoms with E-state index in [1.165, 1.54) is 6.07 Å². The summed E-state index contributed by atoms with van der Waals surface area (Å²) in [6, 6.07) is 6.37. The second kappa shape index (κ2) is 7.28. The van der Waals surface area contributed by atoms with E-state index in [0.717, 1.165) is 21.8 Å². The van der Waals surface area contributed by atoms with Gasteiger partial charge in [0.25, 0.3) is 5.69 Å². The van der Waals surface area contributed by atoms with E-state index >= 15 is 0 Å². The van der Waals surface area contributed by atoms with Gasteiger partial charge in [0.1, 0.15) is 6.61 Å². The molecule has 8 heteroatoms. The Balaban J connectivity index is 2.46. The lowest BCUT2D eigenvalue weighted by Crippen LogP contribution is -2.06. The average molecular weight is 274 g/mol. The standard InChI is InChI=1S/C9H10N2O4S2/c12-6-9(13)16-17-10-5-7-3-1-2-4-8(7)11(14)15/h1-4,10,12H,5-6H2. The second-order valence-corrected chi connectivity index (χ2v) is 4.98. The lowest BCUT2D eigenvalue weighted by Gasteiger charge is -2.03. The first-order chi connectivity index (χ1) is 8.15. The highest BCUT2D eigenvalue weighted by molar-refractivity contribution is 8.81. The van der Waals surface area contributed by atoms with Crippen molar-refractivity contribution >= 4 is 32.6 Å². The van der Waals surface area contributed by atoms with Gasteiger partial charge in [0.15, 0.2) is 0 Å². The minimum Gasteiger partial charge on any atom is -0.388 e. The number of nitro groups is 1. The minimum absolute atomic E-state index is 0.0408. The van der Waals surface area contributed by atoms with Gasteiger partial charge in [0.05, 0.1) is 4.92 Å². The molecule has 0 fully saturated rings. The maximum absolute atomic E-state index is 10.7. The highest BCUT2D eigenvalue weighted by atomic mass is 33.1. The first kappa shape index (κ1) is 14.0. The molecule has 0 atom stereocenters. The van der Waals surface area contributed by atoms with Crippen molar-refractivity contribution in [3.8, 4) is 0 Å². The number of carbonyl (C=O) groups is 1. The lowest BCUT2D eigenvalue weighted by atomic mass is 10.2. The number of aliphatic hydroxyl groups excluding tert-OH is 1. The molecule has 2 N–H and O–H groups in total. The molecule has 0 saturated heterocycles. The summed E-state index contributed by atoms with van der Waals surface area (Å²) in [7, 11) is 1.89. The summed E-state index contributed by atoms with van der Waals surface area (Å²) in [5.41, 5.74) is 0.584. The largest absolute Gasteiger partial charge is 0.388 e. The average Bonchev–Trinajstić information content (AvgIpc) is 2.34. The van der Waals surface area contributed by atoms with Crippen LogP contribution >= 0.6 is 21.8 Å². The predicted octanol–water partition coefficient (Wildman–Crippen LogP) is 1.50. The molecule has 0 heterocycles. The summed E-state index contributed by atoms with van der Waals surface area (Å²) in [5, 5.41) is 18.8. The van der Waals surface area contributed by atoms with Gasteiger partial charge in [0.2, 0.25) is 5.12 Å². The number of nitro benzene ring substituents is 1. The molecule has 0 unspecified atom stereocenters. The molecule has 1 aromatic carbocycles. The lowest BCUT2D eigenvalue weighted by molar-refractivity contribution is -0.385. The number of rotatable bonds is 6. The molecule has 0 aliphatic heterocycles. The summed E-state index contributed by atoms with van der Waals surface area (Å²) in [5.74, 6) is 0. The molecule has 0 aromatic heterocycles. The number of hydrogen-bond donors (Lipinski definition) is 2. The molecule has 0 spiro atoms. The van der Waals surface area contributed by atoms with Crippen LogP contribution in [0.15, 0.2) is 24.3 Å². The first-order valence-electron chi connectivity index (χ1n) is 4.57. The number of carbonyl (C=O) groups excluding carboxylic acids is 1. The van der Waals surface area contributed by atoms with E-state index < -0.39 is 11.5 Å². The number of benzene rings is 1. The smallest absolute Gasteiger partial charge is 0.273 e. The van der Waals surface area contributed by atoms with Crippen molar-refractivity contribution in [2.45, 2.75) is 6.54 Å². The Morgan fingerprint density at radius 1 is 1.47 bits per heavy atom. The van der Waals surface area contributed by atoms with Gasteiger partial charge >= 0.3 is 0 Å². The zero-order valence-corrected chi connectivity index (χ0v) is 10.3. The topological polar surface area (TPSA) is 92.5 Å². The van der Waals surface area contributed by atoms with Crippen LogP contribution < -0.4 is 4.72 Å². The van der Waals surface area contributed by atoms with Gasteiger partial charge < -0.3 is 5.11 Å². The quantitative estimate of drug-likeness (QED) is 0.267. The van der Waals surface area contributed by atoms with Crippen molar-refractivity contribution < 1.29 is 14.8 Å². The third-order valence-corrected chi connectivity index (χ3v) is 3.60. The molecule has 0 bridgehead atoms. The third kappa shape index (κ3) is 4.73. The molecule has 0 radical (unpaired) electrons. The normalized spacial score (nSPS) is 10.2. The zero-order chi connectivity index (χ0) is 12.7. The van der Waals surface area contributed by atoms with Gasteiger partial charge in [-0.2, -0.15) is 0 Å². The predicted molar refractivity (Wildman–Crippen MR) is 67.2 cm³/mol. The van der Waals surface area contributed by atoms with Crippen LogP contribution in [0.1, 0.15) is 5.56 Å². The highest BCUT2D eigenvalue weighted by Crippen LogP contribution is 2.21. The molecule has 92 valence electrons. The van der Waals surface area contributed by atoms with Crippen LogP contribution in [0.4, 0.5) is 5.69 Å². The van der Waals surface area contributed by atoms with Crippen molar-refractivity contribution in [2.75, 3.05) is 6.61 Å². The Hall–Kier alpha value is -1.09. The van der Waals surface area contributed by atoms with Crippen LogP contribution in [0.3, 0.4) is 0 Å². The van der Waals surface area contributed by atoms with E-state index in [-0.39, 0.29) is 17.3 Å². The van der Waals surface area contributed by atoms with E-state index in [2.05, 4.69) is 4.72 Å². The molecule has 17 heavy (non-hydrogen) atoms. The Morgan fingerprint density at radius 2 is 2.18 bits per heavy atom. The van der Waals surface area contributed by atoms with Gasteiger partial charge in [0, 0.05) is 18.2 Å². The molecule has 6 nitrogen and oxygen atoms in total. The van der Waals surface area contributed by atoms with E-state index in [1.54, 1.807) is 18.2 Å². The minimum atomic E-state index is -0.523. The van der Waals surface area contributed by atoms with Crippen LogP contribution in [0.25, 0.3) is 0 Å². The molecular weight excluding hydrogens is 264 g/mol. The summed E-state index contributed by atoms with van der Waals surface area (Å²) in [4.78, 5) is 21.0. The summed E-state index contributed by atoms with van der Waals surface area (Å²) in [6.07, 6.45) is 0. The van der Waals surface area contributed by atoms with Gasteiger partial charge in [-0.3, -0.25) is 14.9 Å². The van der Waals surface area contributed by atoms with Crippen LogP contribution in [0.2, 0.25) is 0 Å². The van der Waals surface area contributed by atoms with Crippen molar-refractivity contribution in [1.29, 1.82) is 0 Å². The molecular formula is C9H10N2O4S2. The maximum Gasteiger partial charge on any atom is 0.273 e. The van der Waals surface area contributed by atoms with Crippen molar-refractivity contribution in [3.63, 3.8) is 0 Å². The number of aliphatic hydroxyl groups is 1. The molecule has 1 aromatic rings. The Morgan fingerprint density at radius 3 is 2.82 bits per heavy atom. The van der Waals surface area contributed by atoms with Gasteiger partial charge in [-0.25, -0.2) is 4.72 Å². The highest BCUT2D eigenvalue weighted by Gasteiger charge is 2.11. The van der Waals surface area contributed by atoms with Crippen molar-refractivity contribution in [1.82, 2.24) is 4.72 Å². The Labute approximate surface area is 105 Å². The van der Waals surface area contributed by atoms with Crippen LogP contribution in [-0.4, -0.2) is 21.8 Å². The maximum atomic E-state index is 10.7. The first-order valence-corrected chi connectivity index (χ1v) is 6.72. The van der Waals surface area contributed by atoms with E-state index in [1.807, 2.05) is 0 Å². The molecule has 0 aliphatic rings. The SMILES string of the molecule is O=C(CO)SSNCc1ccccc1[N+](=O)[O-]. The van der Waals surface area contributed by atoms with Crippen LogP contribution in [0.5, 0.6) is 0 Å². The van der Waals surface area contributed by atoms with Gasteiger partial charge in [-0.1, -0.05) is 18.2 Å². The third-order valence-electron chi connectivity index (χ3n) is 1.77. The molecule has 1 rings (SSSR count). The van der Waals surface area contributed by atoms with E-state index in [4.69, 9.17) is 5.11 Å². The van der Waals surface area contributed by atoms with Crippen LogP contribution in [-0.2, 0) is 11.3 Å². The fourth-order valence-corrected chi connectivity index (χ4v) is 2.26. The Kier molecular flexibility index (Phi) is 5.98. The number of hydrogen-bond acceptors (Lipinski definition) is 7. The fourth-order valence-electron chi connectivity index (χ4n) is 1.05. The number of nitrogens with zero attached hydrogens (tertiary/aromatic N) is 1. The number of nitrogens with one attached hydrogen (secondary N) is 1. The fraction of sp³-hybridized carbons (Fsp3) is 0.222. The molecule has 0 aliphatic carbocycles. The second-order valence-electron chi connectivity index (χ2n) is 2.90. The summed E-state index contributed by atoms with van der Waals surface area (Å²) < 4.78 is 2.81. The number of para-hydroxylation sites is 1. The van der Waals surface area contributed by atoms with Crippen molar-refractivity contribution in [3.05, 3.63) is 39.9 Å². The summed E-state index contributed by atoms with van der Waals surface area (Å²) in [6.45, 7) is -0.252. The molecule has 0 saturated carbocycles.